The summed E-state index contributed by atoms with van der Waals surface area (Å²) >= 11 is 0. The quantitative estimate of drug-likeness (QED) is 0.531. The minimum absolute atomic E-state index is 0.0824. The average molecular weight is 510 g/mol. The van der Waals surface area contributed by atoms with E-state index in [0.717, 1.165) is 76.3 Å². The van der Waals surface area contributed by atoms with Gasteiger partial charge in [0, 0.05) is 68.6 Å². The van der Waals surface area contributed by atoms with Gasteiger partial charge in [-0.15, -0.1) is 0 Å². The molecule has 2 saturated heterocycles. The van der Waals surface area contributed by atoms with E-state index in [4.69, 9.17) is 9.26 Å². The van der Waals surface area contributed by atoms with Crippen LogP contribution in [0, 0.1) is 17.8 Å². The number of nitrogens with zero attached hydrogens (tertiary/aromatic N) is 4. The van der Waals surface area contributed by atoms with Crippen molar-refractivity contribution >= 4 is 17.5 Å². The van der Waals surface area contributed by atoms with Gasteiger partial charge in [-0.05, 0) is 61.8 Å². The molecule has 0 bridgehead atoms. The predicted molar refractivity (Wildman–Crippen MR) is 143 cm³/mol. The fraction of sp³-hybridized carbons (Fsp3) is 0.621. The average Bonchev–Trinajstić information content (AvgIpc) is 3.63. The van der Waals surface area contributed by atoms with Crippen LogP contribution in [0.5, 0.6) is 5.75 Å². The number of aliphatic hydroxyl groups excluding tert-OH is 1. The minimum atomic E-state index is 0.0824. The molecule has 1 aromatic carbocycles. The number of ether oxygens (including phenoxy) is 1. The van der Waals surface area contributed by atoms with Crippen LogP contribution in [0.2, 0.25) is 0 Å². The number of hydrogen-bond acceptors (Lipinski definition) is 6. The number of carbonyl (C=O) groups excluding carboxylic acids is 1. The Balaban J connectivity index is 1.06. The van der Waals surface area contributed by atoms with E-state index in [9.17, 15) is 9.90 Å². The van der Waals surface area contributed by atoms with Crippen LogP contribution < -0.4 is 4.90 Å². The molecule has 1 unspecified atom stereocenters. The number of hydrogen-bond donors (Lipinski definition) is 1. The fourth-order valence-electron chi connectivity index (χ4n) is 5.67. The van der Waals surface area contributed by atoms with Gasteiger partial charge in [0.2, 0.25) is 5.91 Å². The van der Waals surface area contributed by atoms with Gasteiger partial charge < -0.3 is 24.2 Å². The van der Waals surface area contributed by atoms with Crippen molar-refractivity contribution in [2.24, 2.45) is 17.8 Å². The summed E-state index contributed by atoms with van der Waals surface area (Å²) in [5, 5.41) is 13.4. The molecule has 2 N–H and O–H groups in total. The van der Waals surface area contributed by atoms with Crippen LogP contribution in [-0.4, -0.2) is 70.2 Å². The Labute approximate surface area is 219 Å². The van der Waals surface area contributed by atoms with E-state index in [-0.39, 0.29) is 30.3 Å². The first-order valence-electron chi connectivity index (χ1n) is 13.9. The number of piperidine rings is 1. The van der Waals surface area contributed by atoms with Crippen LogP contribution in [0.15, 0.2) is 34.9 Å². The minimum Gasteiger partial charge on any atom is -0.582 e. The first-order chi connectivity index (χ1) is 18.0. The number of likely N-dealkylation sites (tertiary alicyclic amines) is 1. The predicted octanol–water partition coefficient (Wildman–Crippen LogP) is 4.38. The Hall–Kier alpha value is -2.87. The summed E-state index contributed by atoms with van der Waals surface area (Å²) in [5.41, 5.74) is 2.57. The molecule has 37 heavy (non-hydrogen) atoms. The molecule has 8 heteroatoms. The molecule has 2 fully saturated rings. The number of rotatable bonds is 8. The second-order valence-electron chi connectivity index (χ2n) is 11.2. The largest absolute Gasteiger partial charge is 0.582 e. The fourth-order valence-corrected chi connectivity index (χ4v) is 5.67. The van der Waals surface area contributed by atoms with Crippen LogP contribution in [0.4, 0.5) is 6.01 Å². The lowest BCUT2D eigenvalue weighted by Crippen LogP contribution is -2.35. The Morgan fingerprint density at radius 3 is 2.49 bits per heavy atom. The Morgan fingerprint density at radius 1 is 1.11 bits per heavy atom. The van der Waals surface area contributed by atoms with Gasteiger partial charge >= 0.3 is 6.01 Å². The summed E-state index contributed by atoms with van der Waals surface area (Å²) in [6.07, 6.45) is 7.96. The summed E-state index contributed by atoms with van der Waals surface area (Å²) in [6, 6.07) is 9.22. The lowest BCUT2D eigenvalue weighted by atomic mass is 9.86. The highest BCUT2D eigenvalue weighted by molar-refractivity contribution is 5.81. The summed E-state index contributed by atoms with van der Waals surface area (Å²) in [6.45, 7) is 8.53. The van der Waals surface area contributed by atoms with Crippen molar-refractivity contribution in [3.63, 3.8) is 0 Å². The molecule has 8 nitrogen and oxygen atoms in total. The summed E-state index contributed by atoms with van der Waals surface area (Å²) in [7, 11) is 0. The zero-order valence-corrected chi connectivity index (χ0v) is 22.2. The molecule has 3 heterocycles. The zero-order valence-electron chi connectivity index (χ0n) is 22.2. The van der Waals surface area contributed by atoms with Crippen LogP contribution in [0.3, 0.4) is 0 Å². The van der Waals surface area contributed by atoms with Crippen LogP contribution in [0.25, 0.3) is 5.57 Å². The highest BCUT2D eigenvalue weighted by Gasteiger charge is 2.31. The Morgan fingerprint density at radius 2 is 1.86 bits per heavy atom. The first-order valence-corrected chi connectivity index (χ1v) is 13.9. The van der Waals surface area contributed by atoms with Gasteiger partial charge in [0.25, 0.3) is 5.75 Å². The van der Waals surface area contributed by atoms with Gasteiger partial charge in [-0.2, -0.15) is 4.98 Å². The van der Waals surface area contributed by atoms with Crippen molar-refractivity contribution in [3.8, 4) is 5.75 Å². The first kappa shape index (κ1) is 25.8. The third-order valence-corrected chi connectivity index (χ3v) is 8.22. The van der Waals surface area contributed by atoms with Crippen LogP contribution in [0.1, 0.15) is 69.7 Å². The molecule has 0 saturated carbocycles. The van der Waals surface area contributed by atoms with E-state index in [1.807, 2.05) is 4.90 Å². The molecule has 2 atom stereocenters. The van der Waals surface area contributed by atoms with Gasteiger partial charge in [-0.3, -0.25) is 4.79 Å². The van der Waals surface area contributed by atoms with E-state index in [0.29, 0.717) is 18.5 Å². The molecular weight excluding hydrogens is 468 g/mol. The molecule has 1 aromatic heterocycles. The Bertz CT molecular complexity index is 1070. The van der Waals surface area contributed by atoms with E-state index >= 15 is 0 Å². The monoisotopic (exact) mass is 509 g/mol. The number of aliphatic hydroxyl groups is 2. The maximum atomic E-state index is 12.9. The highest BCUT2D eigenvalue weighted by Crippen LogP contribution is 2.33. The van der Waals surface area contributed by atoms with Gasteiger partial charge in [0.1, 0.15) is 0 Å². The maximum absolute atomic E-state index is 12.9. The van der Waals surface area contributed by atoms with E-state index < -0.39 is 0 Å². The number of aromatic hydroxyl groups is 1. The molecule has 5 rings (SSSR count). The lowest BCUT2D eigenvalue weighted by molar-refractivity contribution is -0.134. The van der Waals surface area contributed by atoms with Gasteiger partial charge in [-0.25, -0.2) is 0 Å². The molecule has 1 aliphatic carbocycles. The third kappa shape index (κ3) is 6.17. The van der Waals surface area contributed by atoms with Crippen LogP contribution >= 0.6 is 0 Å². The smallest absolute Gasteiger partial charge is 0.324 e. The standard InChI is InChI=1S/C29H40N4O4/c1-20(2)27-30-29(37-31-27)32-14-11-21(12-15-32)19-36-26-9-7-24(8-10-26)23-3-5-25(6-4-23)28(35)33-16-13-22(17-33)18-34/h3,7-10,20-22,25,34H,4-6,11-19H2,1-2H3/p+1/t22-,25?/m0/s1. The second-order valence-corrected chi connectivity index (χ2v) is 11.2. The molecule has 1 amide bonds. The topological polar surface area (TPSA) is 95.5 Å². The van der Waals surface area contributed by atoms with Crippen LogP contribution in [-0.2, 0) is 4.79 Å². The molecule has 2 aromatic rings. The number of allylic oxidation sites excluding steroid dienone is 2. The molecule has 200 valence electrons. The number of anilines is 1. The number of aromatic nitrogens is 2. The van der Waals surface area contributed by atoms with E-state index in [1.165, 1.54) is 11.1 Å². The van der Waals surface area contributed by atoms with Crippen molar-refractivity contribution in [3.05, 3.63) is 41.7 Å². The van der Waals surface area contributed by atoms with Gasteiger partial charge in [0.15, 0.2) is 12.4 Å². The number of carbonyl (C=O) groups is 1. The highest BCUT2D eigenvalue weighted by atomic mass is 16.5. The van der Waals surface area contributed by atoms with Crippen molar-refractivity contribution < 1.29 is 19.2 Å². The third-order valence-electron chi connectivity index (χ3n) is 8.22. The van der Waals surface area contributed by atoms with Gasteiger partial charge in [0.05, 0.1) is 0 Å². The normalized spacial score (nSPS) is 23.0. The summed E-state index contributed by atoms with van der Waals surface area (Å²) < 4.78 is 10.3. The Kier molecular flexibility index (Phi) is 8.13. The molecule has 0 radical (unpaired) electrons. The molecule has 2 aliphatic heterocycles. The van der Waals surface area contributed by atoms with Crippen molar-refractivity contribution in [2.45, 2.75) is 58.3 Å². The summed E-state index contributed by atoms with van der Waals surface area (Å²) in [4.78, 5) is 21.5. The summed E-state index contributed by atoms with van der Waals surface area (Å²) in [5.74, 6) is 3.25. The second kappa shape index (κ2) is 11.7. The maximum Gasteiger partial charge on any atom is 0.324 e. The molecule has 3 aliphatic rings. The van der Waals surface area contributed by atoms with E-state index in [1.54, 1.807) is 0 Å². The number of benzene rings is 1. The zero-order chi connectivity index (χ0) is 25.8. The van der Waals surface area contributed by atoms with Crippen molar-refractivity contribution in [2.75, 3.05) is 44.3 Å². The molecular formula is C29H41N4O4+. The van der Waals surface area contributed by atoms with Crippen molar-refractivity contribution in [1.29, 1.82) is 0 Å². The van der Waals surface area contributed by atoms with E-state index in [2.05, 4.69) is 59.2 Å². The lowest BCUT2D eigenvalue weighted by Gasteiger charge is -2.29. The van der Waals surface area contributed by atoms with Gasteiger partial charge in [-0.1, -0.05) is 25.1 Å². The SMILES string of the molecule is CC(C)c1noc(N2CCC(C[OH+]c3ccc(C4=CCC(C(=O)N5CC[C@H](CO)C5)CC4)cc3)CC2)n1. The number of amides is 1. The van der Waals surface area contributed by atoms with Crippen molar-refractivity contribution in [1.82, 2.24) is 15.0 Å². The molecule has 0 spiro atoms.